The first kappa shape index (κ1) is 26.6. The van der Waals surface area contributed by atoms with Gasteiger partial charge in [-0.3, -0.25) is 9.59 Å². The maximum Gasteiger partial charge on any atom is 0.416 e. The number of benzene rings is 2. The standard InChI is InChI=1S/C26H25F3N2O5/c1-34-14-4-13-30-25(33)22(31-24(32)17-7-9-20(35-2)10-8-17)16-21-11-12-23(36-21)18-5-3-6-19(15-18)26(27,28)29/h3,5-12,15-16H,4,13-14H2,1-2H3,(H,30,33)(H,31,32)/b22-16-. The largest absolute Gasteiger partial charge is 0.497 e. The minimum Gasteiger partial charge on any atom is -0.497 e. The summed E-state index contributed by atoms with van der Waals surface area (Å²) in [4.78, 5) is 25.5. The number of halogens is 3. The van der Waals surface area contributed by atoms with Crippen LogP contribution in [0.2, 0.25) is 0 Å². The van der Waals surface area contributed by atoms with Gasteiger partial charge in [0, 0.05) is 37.5 Å². The van der Waals surface area contributed by atoms with E-state index in [-0.39, 0.29) is 28.3 Å². The molecule has 3 aromatic rings. The molecule has 0 fully saturated rings. The molecule has 2 aromatic carbocycles. The van der Waals surface area contributed by atoms with Gasteiger partial charge in [0.15, 0.2) is 0 Å². The predicted octanol–water partition coefficient (Wildman–Crippen LogP) is 4.90. The van der Waals surface area contributed by atoms with Crippen molar-refractivity contribution in [1.29, 1.82) is 0 Å². The zero-order chi connectivity index (χ0) is 26.1. The minimum atomic E-state index is -4.49. The maximum atomic E-state index is 13.1. The Morgan fingerprint density at radius 3 is 2.44 bits per heavy atom. The maximum absolute atomic E-state index is 13.1. The predicted molar refractivity (Wildman–Crippen MR) is 127 cm³/mol. The molecule has 36 heavy (non-hydrogen) atoms. The van der Waals surface area contributed by atoms with Crippen LogP contribution in [0.3, 0.4) is 0 Å². The van der Waals surface area contributed by atoms with E-state index in [1.807, 2.05) is 0 Å². The van der Waals surface area contributed by atoms with Gasteiger partial charge in [0.25, 0.3) is 11.8 Å². The fraction of sp³-hybridized carbons (Fsp3) is 0.231. The van der Waals surface area contributed by atoms with Gasteiger partial charge >= 0.3 is 6.18 Å². The SMILES string of the molecule is COCCCNC(=O)/C(=C/c1ccc(-c2cccc(C(F)(F)F)c2)o1)NC(=O)c1ccc(OC)cc1. The van der Waals surface area contributed by atoms with E-state index in [1.54, 1.807) is 31.4 Å². The molecule has 0 saturated carbocycles. The lowest BCUT2D eigenvalue weighted by molar-refractivity contribution is -0.137. The molecule has 0 aliphatic rings. The van der Waals surface area contributed by atoms with Crippen molar-refractivity contribution in [3.05, 3.63) is 83.2 Å². The van der Waals surface area contributed by atoms with Crippen LogP contribution in [0.25, 0.3) is 17.4 Å². The van der Waals surface area contributed by atoms with E-state index in [0.29, 0.717) is 25.3 Å². The molecule has 0 aliphatic heterocycles. The molecule has 0 spiro atoms. The number of carbonyl (C=O) groups is 2. The van der Waals surface area contributed by atoms with Crippen molar-refractivity contribution in [2.75, 3.05) is 27.4 Å². The van der Waals surface area contributed by atoms with Crippen LogP contribution in [0.15, 0.2) is 70.8 Å². The van der Waals surface area contributed by atoms with Gasteiger partial charge in [-0.25, -0.2) is 0 Å². The molecule has 190 valence electrons. The van der Waals surface area contributed by atoms with Crippen molar-refractivity contribution in [2.24, 2.45) is 0 Å². The van der Waals surface area contributed by atoms with Crippen LogP contribution in [0.1, 0.15) is 28.1 Å². The Morgan fingerprint density at radius 1 is 1.03 bits per heavy atom. The first-order valence-electron chi connectivity index (χ1n) is 10.9. The third kappa shape index (κ3) is 7.22. The molecule has 0 bridgehead atoms. The third-order valence-corrected chi connectivity index (χ3v) is 5.04. The smallest absolute Gasteiger partial charge is 0.416 e. The van der Waals surface area contributed by atoms with Gasteiger partial charge in [-0.05, 0) is 55.0 Å². The van der Waals surface area contributed by atoms with Crippen molar-refractivity contribution in [3.8, 4) is 17.1 Å². The summed E-state index contributed by atoms with van der Waals surface area (Å²) in [6.45, 7) is 0.742. The first-order chi connectivity index (χ1) is 17.2. The Kier molecular flexibility index (Phi) is 8.91. The summed E-state index contributed by atoms with van der Waals surface area (Å²) in [5, 5.41) is 5.25. The fourth-order valence-electron chi connectivity index (χ4n) is 3.19. The van der Waals surface area contributed by atoms with Crippen LogP contribution in [0, 0.1) is 0 Å². The molecule has 2 amide bonds. The highest BCUT2D eigenvalue weighted by molar-refractivity contribution is 6.05. The second-order valence-corrected chi connectivity index (χ2v) is 7.62. The molecular weight excluding hydrogens is 477 g/mol. The highest BCUT2D eigenvalue weighted by Crippen LogP contribution is 2.32. The van der Waals surface area contributed by atoms with Crippen molar-refractivity contribution in [1.82, 2.24) is 10.6 Å². The zero-order valence-corrected chi connectivity index (χ0v) is 19.6. The van der Waals surface area contributed by atoms with Crippen molar-refractivity contribution >= 4 is 17.9 Å². The lowest BCUT2D eigenvalue weighted by Gasteiger charge is -2.11. The molecule has 0 unspecified atom stereocenters. The Balaban J connectivity index is 1.85. The van der Waals surface area contributed by atoms with Crippen LogP contribution in [0.5, 0.6) is 5.75 Å². The number of rotatable bonds is 10. The monoisotopic (exact) mass is 502 g/mol. The quantitative estimate of drug-likeness (QED) is 0.304. The van der Waals surface area contributed by atoms with Gasteiger partial charge in [-0.1, -0.05) is 12.1 Å². The molecule has 0 atom stereocenters. The summed E-state index contributed by atoms with van der Waals surface area (Å²) in [7, 11) is 3.04. The number of methoxy groups -OCH3 is 2. The van der Waals surface area contributed by atoms with Crippen molar-refractivity contribution in [2.45, 2.75) is 12.6 Å². The average Bonchev–Trinajstić information content (AvgIpc) is 3.34. The number of hydrogen-bond acceptors (Lipinski definition) is 5. The van der Waals surface area contributed by atoms with Crippen LogP contribution in [-0.4, -0.2) is 39.2 Å². The van der Waals surface area contributed by atoms with Gasteiger partial charge in [0.1, 0.15) is 23.0 Å². The zero-order valence-electron chi connectivity index (χ0n) is 19.6. The summed E-state index contributed by atoms with van der Waals surface area (Å²) in [6, 6.07) is 14.0. The van der Waals surface area contributed by atoms with Crippen LogP contribution >= 0.6 is 0 Å². The minimum absolute atomic E-state index is 0.0989. The fourth-order valence-corrected chi connectivity index (χ4v) is 3.19. The molecule has 0 aliphatic carbocycles. The molecule has 0 saturated heterocycles. The van der Waals surface area contributed by atoms with Crippen molar-refractivity contribution in [3.63, 3.8) is 0 Å². The summed E-state index contributed by atoms with van der Waals surface area (Å²) in [5.41, 5.74) is -0.398. The number of nitrogens with one attached hydrogen (secondary N) is 2. The summed E-state index contributed by atoms with van der Waals surface area (Å²) in [6.07, 6.45) is -2.63. The molecule has 0 radical (unpaired) electrons. The van der Waals surface area contributed by atoms with E-state index >= 15 is 0 Å². The van der Waals surface area contributed by atoms with E-state index in [0.717, 1.165) is 12.1 Å². The van der Waals surface area contributed by atoms with Crippen LogP contribution in [-0.2, 0) is 15.7 Å². The van der Waals surface area contributed by atoms with Gasteiger partial charge < -0.3 is 24.5 Å². The Hall–Kier alpha value is -4.05. The van der Waals surface area contributed by atoms with Gasteiger partial charge in [-0.2, -0.15) is 13.2 Å². The van der Waals surface area contributed by atoms with Gasteiger partial charge in [0.05, 0.1) is 12.7 Å². The van der Waals surface area contributed by atoms with E-state index in [9.17, 15) is 22.8 Å². The van der Waals surface area contributed by atoms with E-state index < -0.39 is 23.6 Å². The molecule has 1 heterocycles. The topological polar surface area (TPSA) is 89.8 Å². The lowest BCUT2D eigenvalue weighted by Crippen LogP contribution is -2.35. The van der Waals surface area contributed by atoms with Crippen LogP contribution in [0.4, 0.5) is 13.2 Å². The average molecular weight is 502 g/mol. The number of alkyl halides is 3. The van der Waals surface area contributed by atoms with E-state index in [1.165, 1.54) is 37.5 Å². The van der Waals surface area contributed by atoms with Gasteiger partial charge in [0.2, 0.25) is 0 Å². The second-order valence-electron chi connectivity index (χ2n) is 7.62. The third-order valence-electron chi connectivity index (χ3n) is 5.04. The number of amides is 2. The molecule has 3 rings (SSSR count). The molecule has 7 nitrogen and oxygen atoms in total. The molecule has 1 aromatic heterocycles. The Morgan fingerprint density at radius 2 is 1.78 bits per heavy atom. The van der Waals surface area contributed by atoms with E-state index in [4.69, 9.17) is 13.9 Å². The highest BCUT2D eigenvalue weighted by Gasteiger charge is 2.30. The summed E-state index contributed by atoms with van der Waals surface area (Å²) >= 11 is 0. The van der Waals surface area contributed by atoms with E-state index in [2.05, 4.69) is 10.6 Å². The second kappa shape index (κ2) is 12.1. The summed E-state index contributed by atoms with van der Waals surface area (Å²) in [5.74, 6) is -0.199. The van der Waals surface area contributed by atoms with Crippen molar-refractivity contribution < 1.29 is 36.7 Å². The Bertz CT molecular complexity index is 1220. The highest BCUT2D eigenvalue weighted by atomic mass is 19.4. The lowest BCUT2D eigenvalue weighted by atomic mass is 10.1. The number of carbonyl (C=O) groups excluding carboxylic acids is 2. The number of furan rings is 1. The number of hydrogen-bond donors (Lipinski definition) is 2. The molecule has 2 N–H and O–H groups in total. The Labute approximate surface area is 205 Å². The molecular formula is C26H25F3N2O5. The number of ether oxygens (including phenoxy) is 2. The first-order valence-corrected chi connectivity index (χ1v) is 10.9. The van der Waals surface area contributed by atoms with Gasteiger partial charge in [-0.15, -0.1) is 0 Å². The molecule has 10 heteroatoms. The van der Waals surface area contributed by atoms with Crippen LogP contribution < -0.4 is 15.4 Å². The summed E-state index contributed by atoms with van der Waals surface area (Å²) < 4.78 is 54.9. The normalized spacial score (nSPS) is 11.8.